The van der Waals surface area contributed by atoms with Gasteiger partial charge in [-0.1, -0.05) is 0 Å². The molecule has 3 N–H and O–H groups in total. The first kappa shape index (κ1) is 13.1. The molecule has 1 fully saturated rings. The van der Waals surface area contributed by atoms with Crippen molar-refractivity contribution >= 4 is 18.1 Å². The number of carbonyl (C=O) groups is 3. The van der Waals surface area contributed by atoms with Crippen LogP contribution in [0.15, 0.2) is 0 Å². The van der Waals surface area contributed by atoms with Crippen molar-refractivity contribution in [3.05, 3.63) is 0 Å². The Labute approximate surface area is 97.8 Å². The Kier molecular flexibility index (Phi) is 4.13. The van der Waals surface area contributed by atoms with Crippen molar-refractivity contribution < 1.29 is 24.6 Å². The molecule has 0 aromatic heterocycles. The first-order valence-corrected chi connectivity index (χ1v) is 5.19. The van der Waals surface area contributed by atoms with E-state index in [1.54, 1.807) is 4.90 Å². The first-order valence-electron chi connectivity index (χ1n) is 5.19. The van der Waals surface area contributed by atoms with E-state index < -0.39 is 18.2 Å². The molecule has 0 unspecified atom stereocenters. The lowest BCUT2D eigenvalue weighted by Crippen LogP contribution is -2.54. The zero-order valence-corrected chi connectivity index (χ0v) is 9.42. The van der Waals surface area contributed by atoms with Gasteiger partial charge in [0.25, 0.3) is 0 Å². The maximum atomic E-state index is 11.1. The van der Waals surface area contributed by atoms with Gasteiger partial charge in [0.2, 0.25) is 5.91 Å². The molecule has 0 bridgehead atoms. The summed E-state index contributed by atoms with van der Waals surface area (Å²) in [5.74, 6) is -0.0588. The first-order chi connectivity index (χ1) is 7.91. The molecule has 17 heavy (non-hydrogen) atoms. The fourth-order valence-corrected chi connectivity index (χ4v) is 1.84. The van der Waals surface area contributed by atoms with Gasteiger partial charge in [0.05, 0.1) is 6.04 Å². The summed E-state index contributed by atoms with van der Waals surface area (Å²) in [6.07, 6.45) is -1.91. The number of piperidine rings is 1. The van der Waals surface area contributed by atoms with E-state index >= 15 is 0 Å². The third-order valence-corrected chi connectivity index (χ3v) is 2.70. The number of hydrogen-bond donors (Lipinski definition) is 3. The van der Waals surface area contributed by atoms with Gasteiger partial charge in [-0.25, -0.2) is 20.0 Å². The van der Waals surface area contributed by atoms with Crippen molar-refractivity contribution in [3.8, 4) is 0 Å². The fraction of sp³-hybridized carbons (Fsp3) is 0.667. The second kappa shape index (κ2) is 5.37. The minimum absolute atomic E-state index is 0.0588. The Morgan fingerprint density at radius 1 is 1.24 bits per heavy atom. The van der Waals surface area contributed by atoms with E-state index in [9.17, 15) is 14.4 Å². The second-order valence-electron chi connectivity index (χ2n) is 3.81. The van der Waals surface area contributed by atoms with E-state index in [-0.39, 0.29) is 5.91 Å². The minimum atomic E-state index is -1.42. The molecule has 0 radical (unpaired) electrons. The van der Waals surface area contributed by atoms with Gasteiger partial charge < -0.3 is 15.1 Å². The molecule has 8 nitrogen and oxygen atoms in total. The van der Waals surface area contributed by atoms with E-state index in [4.69, 9.17) is 10.2 Å². The molecular formula is C9H15N3O5. The Hall–Kier alpha value is -1.99. The number of nitrogens with zero attached hydrogens (tertiary/aromatic N) is 2. The van der Waals surface area contributed by atoms with Crippen LogP contribution in [0.25, 0.3) is 0 Å². The van der Waals surface area contributed by atoms with E-state index in [2.05, 4.69) is 0 Å². The van der Waals surface area contributed by atoms with Gasteiger partial charge >= 0.3 is 12.2 Å². The summed E-state index contributed by atoms with van der Waals surface area (Å²) < 4.78 is 0. The number of hydrazine groups is 1. The number of hydrogen-bond acceptors (Lipinski definition) is 3. The highest BCUT2D eigenvalue weighted by molar-refractivity contribution is 5.73. The van der Waals surface area contributed by atoms with Crippen LogP contribution < -0.4 is 5.43 Å². The van der Waals surface area contributed by atoms with Crippen LogP contribution >= 0.6 is 0 Å². The zero-order chi connectivity index (χ0) is 13.0. The molecule has 0 aromatic rings. The van der Waals surface area contributed by atoms with Crippen LogP contribution in [-0.2, 0) is 4.79 Å². The highest BCUT2D eigenvalue weighted by Gasteiger charge is 2.29. The summed E-state index contributed by atoms with van der Waals surface area (Å²) in [6, 6.07) is -0.431. The maximum Gasteiger partial charge on any atom is 0.426 e. The third-order valence-electron chi connectivity index (χ3n) is 2.70. The molecule has 0 saturated carbocycles. The van der Waals surface area contributed by atoms with Gasteiger partial charge in [-0.3, -0.25) is 4.79 Å². The summed E-state index contributed by atoms with van der Waals surface area (Å²) in [4.78, 5) is 34.0. The predicted molar refractivity (Wildman–Crippen MR) is 56.3 cm³/mol. The number of rotatable bonds is 1. The van der Waals surface area contributed by atoms with E-state index in [0.717, 1.165) is 0 Å². The third kappa shape index (κ3) is 3.51. The molecule has 1 heterocycles. The van der Waals surface area contributed by atoms with E-state index in [1.807, 2.05) is 5.43 Å². The smallest absolute Gasteiger partial charge is 0.426 e. The van der Waals surface area contributed by atoms with Crippen LogP contribution in [0.1, 0.15) is 19.8 Å². The van der Waals surface area contributed by atoms with Crippen LogP contribution in [0, 0.1) is 0 Å². The number of carboxylic acid groups (broad SMARTS) is 2. The van der Waals surface area contributed by atoms with Crippen molar-refractivity contribution in [1.82, 2.24) is 15.3 Å². The lowest BCUT2D eigenvalue weighted by Gasteiger charge is -2.35. The molecule has 1 aliphatic heterocycles. The summed E-state index contributed by atoms with van der Waals surface area (Å²) in [5, 5.41) is 18.1. The van der Waals surface area contributed by atoms with Crippen molar-refractivity contribution in [2.75, 3.05) is 13.1 Å². The molecule has 0 aliphatic carbocycles. The fourth-order valence-electron chi connectivity index (χ4n) is 1.84. The topological polar surface area (TPSA) is 110 Å². The number of carbonyl (C=O) groups excluding carboxylic acids is 1. The highest BCUT2D eigenvalue weighted by Crippen LogP contribution is 2.15. The van der Waals surface area contributed by atoms with Crippen molar-refractivity contribution in [2.24, 2.45) is 0 Å². The SMILES string of the molecule is CC(=O)N1CCC(N(NC(=O)O)C(=O)O)CC1. The van der Waals surface area contributed by atoms with Gasteiger partial charge in [-0.15, -0.1) is 0 Å². The van der Waals surface area contributed by atoms with Gasteiger partial charge in [0.15, 0.2) is 0 Å². The molecule has 1 aliphatic rings. The van der Waals surface area contributed by atoms with Crippen molar-refractivity contribution in [3.63, 3.8) is 0 Å². The number of amides is 3. The van der Waals surface area contributed by atoms with Crippen LogP contribution in [-0.4, -0.2) is 57.3 Å². The summed E-state index contributed by atoms with van der Waals surface area (Å²) >= 11 is 0. The van der Waals surface area contributed by atoms with E-state index in [1.165, 1.54) is 6.92 Å². The zero-order valence-electron chi connectivity index (χ0n) is 9.42. The Morgan fingerprint density at radius 2 is 1.76 bits per heavy atom. The number of likely N-dealkylation sites (tertiary alicyclic amines) is 1. The standard InChI is InChI=1S/C9H15N3O5/c1-6(13)11-4-2-7(3-5-11)12(9(16)17)10-8(14)15/h7,10H,2-5H2,1H3,(H,14,15)(H,16,17). The second-order valence-corrected chi connectivity index (χ2v) is 3.81. The molecule has 0 aromatic carbocycles. The monoisotopic (exact) mass is 245 g/mol. The lowest BCUT2D eigenvalue weighted by molar-refractivity contribution is -0.130. The van der Waals surface area contributed by atoms with Gasteiger partial charge in [-0.2, -0.15) is 0 Å². The Morgan fingerprint density at radius 3 is 2.12 bits per heavy atom. The number of nitrogens with one attached hydrogen (secondary N) is 1. The molecule has 96 valence electrons. The predicted octanol–water partition coefficient (Wildman–Crippen LogP) is 0.160. The minimum Gasteiger partial charge on any atom is -0.464 e. The van der Waals surface area contributed by atoms with Crippen molar-refractivity contribution in [2.45, 2.75) is 25.8 Å². The largest absolute Gasteiger partial charge is 0.464 e. The molecule has 0 atom stereocenters. The Bertz CT molecular complexity index is 325. The molecule has 1 rings (SSSR count). The normalized spacial score (nSPS) is 16.4. The highest BCUT2D eigenvalue weighted by atomic mass is 16.4. The average Bonchev–Trinajstić information content (AvgIpc) is 2.25. The molecule has 1 saturated heterocycles. The van der Waals surface area contributed by atoms with Crippen LogP contribution in [0.3, 0.4) is 0 Å². The average molecular weight is 245 g/mol. The molecule has 8 heteroatoms. The molecule has 0 spiro atoms. The molecule has 3 amide bonds. The van der Waals surface area contributed by atoms with Crippen LogP contribution in [0.2, 0.25) is 0 Å². The van der Waals surface area contributed by atoms with Crippen LogP contribution in [0.5, 0.6) is 0 Å². The summed E-state index contributed by atoms with van der Waals surface area (Å²) in [5.41, 5.74) is 1.84. The summed E-state index contributed by atoms with van der Waals surface area (Å²) in [6.45, 7) is 2.32. The Balaban J connectivity index is 2.57. The van der Waals surface area contributed by atoms with Crippen molar-refractivity contribution in [1.29, 1.82) is 0 Å². The van der Waals surface area contributed by atoms with E-state index in [0.29, 0.717) is 30.9 Å². The van der Waals surface area contributed by atoms with Gasteiger partial charge in [-0.05, 0) is 12.8 Å². The van der Waals surface area contributed by atoms with Gasteiger partial charge in [0.1, 0.15) is 0 Å². The quantitative estimate of drug-likeness (QED) is 0.570. The van der Waals surface area contributed by atoms with Gasteiger partial charge in [0, 0.05) is 20.0 Å². The lowest BCUT2D eigenvalue weighted by atomic mass is 10.0. The summed E-state index contributed by atoms with van der Waals surface area (Å²) in [7, 11) is 0. The molecular weight excluding hydrogens is 230 g/mol. The maximum absolute atomic E-state index is 11.1. The van der Waals surface area contributed by atoms with Crippen LogP contribution in [0.4, 0.5) is 9.59 Å².